The van der Waals surface area contributed by atoms with Crippen molar-refractivity contribution in [2.24, 2.45) is 5.92 Å². The van der Waals surface area contributed by atoms with Gasteiger partial charge in [0.05, 0.1) is 0 Å². The van der Waals surface area contributed by atoms with E-state index in [-0.39, 0.29) is 0 Å². The second-order valence-corrected chi connectivity index (χ2v) is 5.37. The van der Waals surface area contributed by atoms with Crippen LogP contribution in [0, 0.1) is 5.92 Å². The van der Waals surface area contributed by atoms with Gasteiger partial charge in [0.2, 0.25) is 0 Å². The normalized spacial score (nSPS) is 26.8. The molecular weight excluding hydrogens is 198 g/mol. The van der Waals surface area contributed by atoms with Gasteiger partial charge in [-0.2, -0.15) is 0 Å². The molecule has 0 bridgehead atoms. The Labute approximate surface area is 100 Å². The third-order valence-electron chi connectivity index (χ3n) is 4.04. The highest BCUT2D eigenvalue weighted by Gasteiger charge is 2.28. The van der Waals surface area contributed by atoms with Crippen LogP contribution >= 0.6 is 0 Å². The van der Waals surface area contributed by atoms with Gasteiger partial charge in [0, 0.05) is 25.7 Å². The summed E-state index contributed by atoms with van der Waals surface area (Å²) in [5, 5.41) is 3.30. The van der Waals surface area contributed by atoms with E-state index in [0.29, 0.717) is 0 Å². The van der Waals surface area contributed by atoms with Crippen LogP contribution in [0.15, 0.2) is 0 Å². The second-order valence-electron chi connectivity index (χ2n) is 5.37. The maximum absolute atomic E-state index is 3.30. The van der Waals surface area contributed by atoms with Crippen molar-refractivity contribution in [3.63, 3.8) is 0 Å². The molecule has 0 aromatic heterocycles. The largest absolute Gasteiger partial charge is 0.319 e. The highest BCUT2D eigenvalue weighted by Crippen LogP contribution is 2.26. The zero-order valence-corrected chi connectivity index (χ0v) is 10.9. The molecule has 3 heteroatoms. The molecule has 16 heavy (non-hydrogen) atoms. The zero-order valence-electron chi connectivity index (χ0n) is 10.9. The number of likely N-dealkylation sites (tertiary alicyclic amines) is 1. The van der Waals surface area contributed by atoms with Crippen molar-refractivity contribution in [3.05, 3.63) is 0 Å². The van der Waals surface area contributed by atoms with Gasteiger partial charge in [-0.1, -0.05) is 6.92 Å². The smallest absolute Gasteiger partial charge is 0.0112 e. The molecule has 1 aliphatic heterocycles. The molecule has 0 radical (unpaired) electrons. The van der Waals surface area contributed by atoms with Crippen LogP contribution in [0.3, 0.4) is 0 Å². The summed E-state index contributed by atoms with van der Waals surface area (Å²) in [6, 6.07) is 0.931. The van der Waals surface area contributed by atoms with Crippen LogP contribution in [0.5, 0.6) is 0 Å². The first-order chi connectivity index (χ1) is 7.83. The van der Waals surface area contributed by atoms with Gasteiger partial charge in [-0.3, -0.25) is 4.90 Å². The van der Waals surface area contributed by atoms with E-state index in [1.807, 2.05) is 0 Å². The highest BCUT2D eigenvalue weighted by molar-refractivity contribution is 4.85. The molecule has 3 nitrogen and oxygen atoms in total. The van der Waals surface area contributed by atoms with Gasteiger partial charge in [0.1, 0.15) is 0 Å². The van der Waals surface area contributed by atoms with Crippen LogP contribution in [0.1, 0.15) is 26.2 Å². The maximum Gasteiger partial charge on any atom is 0.0112 e. The number of hydrogen-bond donors (Lipinski definition) is 1. The van der Waals surface area contributed by atoms with E-state index in [1.54, 1.807) is 0 Å². The quantitative estimate of drug-likeness (QED) is 0.698. The predicted octanol–water partition coefficient (Wildman–Crippen LogP) is 1.01. The Kier molecular flexibility index (Phi) is 4.62. The molecule has 1 saturated carbocycles. The summed E-state index contributed by atoms with van der Waals surface area (Å²) in [6.45, 7) is 9.91. The molecule has 1 atom stereocenters. The summed E-state index contributed by atoms with van der Waals surface area (Å²) in [6.07, 6.45) is 4.27. The minimum Gasteiger partial charge on any atom is -0.319 e. The number of nitrogens with one attached hydrogen (secondary N) is 1. The molecule has 1 N–H and O–H groups in total. The van der Waals surface area contributed by atoms with Crippen LogP contribution in [-0.4, -0.2) is 62.2 Å². The van der Waals surface area contributed by atoms with Crippen molar-refractivity contribution >= 4 is 0 Å². The molecule has 2 rings (SSSR count). The Balaban J connectivity index is 1.62. The number of likely N-dealkylation sites (N-methyl/N-ethyl adjacent to an activating group) is 1. The SMILES string of the molecule is CCN(CCN1CCC(CNC)C1)C1CC1. The van der Waals surface area contributed by atoms with E-state index in [2.05, 4.69) is 29.1 Å². The van der Waals surface area contributed by atoms with Gasteiger partial charge in [-0.05, 0) is 51.9 Å². The minimum atomic E-state index is 0.890. The molecule has 0 amide bonds. The molecule has 2 aliphatic rings. The van der Waals surface area contributed by atoms with Crippen molar-refractivity contribution in [1.82, 2.24) is 15.1 Å². The van der Waals surface area contributed by atoms with Crippen molar-refractivity contribution in [2.45, 2.75) is 32.2 Å². The predicted molar refractivity (Wildman–Crippen MR) is 68.7 cm³/mol. The Morgan fingerprint density at radius 2 is 2.12 bits per heavy atom. The third-order valence-corrected chi connectivity index (χ3v) is 4.04. The second kappa shape index (κ2) is 5.99. The lowest BCUT2D eigenvalue weighted by Crippen LogP contribution is -2.35. The Hall–Kier alpha value is -0.120. The van der Waals surface area contributed by atoms with Crippen LogP contribution in [0.25, 0.3) is 0 Å². The van der Waals surface area contributed by atoms with Gasteiger partial charge >= 0.3 is 0 Å². The molecule has 0 aromatic rings. The summed E-state index contributed by atoms with van der Waals surface area (Å²) in [5.41, 5.74) is 0. The summed E-state index contributed by atoms with van der Waals surface area (Å²) >= 11 is 0. The van der Waals surface area contributed by atoms with Crippen molar-refractivity contribution in [3.8, 4) is 0 Å². The minimum absolute atomic E-state index is 0.890. The zero-order chi connectivity index (χ0) is 11.4. The summed E-state index contributed by atoms with van der Waals surface area (Å²) in [7, 11) is 2.06. The van der Waals surface area contributed by atoms with E-state index >= 15 is 0 Å². The number of nitrogens with zero attached hydrogens (tertiary/aromatic N) is 2. The standard InChI is InChI=1S/C13H27N3/c1-3-16(13-4-5-13)9-8-15-7-6-12(11-15)10-14-2/h12-14H,3-11H2,1-2H3. The third kappa shape index (κ3) is 3.44. The van der Waals surface area contributed by atoms with Crippen LogP contribution in [-0.2, 0) is 0 Å². The Bertz CT molecular complexity index is 203. The van der Waals surface area contributed by atoms with Gasteiger partial charge < -0.3 is 10.2 Å². The first kappa shape index (κ1) is 12.3. The van der Waals surface area contributed by atoms with Crippen molar-refractivity contribution in [2.75, 3.05) is 46.3 Å². The fraction of sp³-hybridized carbons (Fsp3) is 1.00. The van der Waals surface area contributed by atoms with E-state index in [9.17, 15) is 0 Å². The van der Waals surface area contributed by atoms with Crippen molar-refractivity contribution in [1.29, 1.82) is 0 Å². The molecule has 1 aliphatic carbocycles. The topological polar surface area (TPSA) is 18.5 Å². The van der Waals surface area contributed by atoms with Crippen LogP contribution in [0.4, 0.5) is 0 Å². The molecule has 1 saturated heterocycles. The first-order valence-electron chi connectivity index (χ1n) is 6.94. The maximum atomic E-state index is 3.30. The van der Waals surface area contributed by atoms with E-state index < -0.39 is 0 Å². The summed E-state index contributed by atoms with van der Waals surface area (Å²) < 4.78 is 0. The summed E-state index contributed by atoms with van der Waals surface area (Å²) in [4.78, 5) is 5.30. The van der Waals surface area contributed by atoms with Crippen LogP contribution in [0.2, 0.25) is 0 Å². The van der Waals surface area contributed by atoms with Gasteiger partial charge in [0.15, 0.2) is 0 Å². The lowest BCUT2D eigenvalue weighted by atomic mass is 10.1. The van der Waals surface area contributed by atoms with Gasteiger partial charge in [-0.25, -0.2) is 0 Å². The Morgan fingerprint density at radius 1 is 1.31 bits per heavy atom. The summed E-state index contributed by atoms with van der Waals surface area (Å²) in [5.74, 6) is 0.890. The molecule has 0 aromatic carbocycles. The first-order valence-corrected chi connectivity index (χ1v) is 6.94. The number of hydrogen-bond acceptors (Lipinski definition) is 3. The van der Waals surface area contributed by atoms with Crippen molar-refractivity contribution < 1.29 is 0 Å². The van der Waals surface area contributed by atoms with E-state index in [0.717, 1.165) is 12.0 Å². The fourth-order valence-electron chi connectivity index (χ4n) is 2.88. The average Bonchev–Trinajstić information content (AvgIpc) is 3.02. The van der Waals surface area contributed by atoms with E-state index in [4.69, 9.17) is 0 Å². The Morgan fingerprint density at radius 3 is 2.75 bits per heavy atom. The lowest BCUT2D eigenvalue weighted by Gasteiger charge is -2.23. The lowest BCUT2D eigenvalue weighted by molar-refractivity contribution is 0.222. The highest BCUT2D eigenvalue weighted by atomic mass is 15.2. The molecule has 94 valence electrons. The van der Waals surface area contributed by atoms with E-state index in [1.165, 1.54) is 58.5 Å². The molecule has 1 heterocycles. The molecule has 2 fully saturated rings. The van der Waals surface area contributed by atoms with Gasteiger partial charge in [-0.15, -0.1) is 0 Å². The number of rotatable bonds is 7. The van der Waals surface area contributed by atoms with Gasteiger partial charge in [0.25, 0.3) is 0 Å². The average molecular weight is 225 g/mol. The fourth-order valence-corrected chi connectivity index (χ4v) is 2.88. The molecule has 1 unspecified atom stereocenters. The monoisotopic (exact) mass is 225 g/mol. The molecule has 0 spiro atoms. The van der Waals surface area contributed by atoms with Crippen LogP contribution < -0.4 is 5.32 Å². The molecular formula is C13H27N3.